The molecule has 0 atom stereocenters. The van der Waals surface area contributed by atoms with Gasteiger partial charge in [-0.25, -0.2) is 4.79 Å². The van der Waals surface area contributed by atoms with Crippen LogP contribution in [0.25, 0.3) is 17.7 Å². The molecule has 0 aliphatic heterocycles. The fourth-order valence-corrected chi connectivity index (χ4v) is 1.98. The van der Waals surface area contributed by atoms with Crippen LogP contribution in [0.1, 0.15) is 16.7 Å². The van der Waals surface area contributed by atoms with Gasteiger partial charge in [0.1, 0.15) is 5.57 Å². The molecule has 0 aliphatic carbocycles. The first-order valence-corrected chi connectivity index (χ1v) is 6.51. The van der Waals surface area contributed by atoms with Crippen molar-refractivity contribution in [2.45, 2.75) is 0 Å². The van der Waals surface area contributed by atoms with E-state index in [9.17, 15) is 9.90 Å². The van der Waals surface area contributed by atoms with Gasteiger partial charge in [-0.3, -0.25) is 0 Å². The molecule has 0 bridgehead atoms. The van der Waals surface area contributed by atoms with Crippen LogP contribution in [0, 0.1) is 0 Å². The highest BCUT2D eigenvalue weighted by atomic mass is 16.5. The Morgan fingerprint density at radius 3 is 2.33 bits per heavy atom. The van der Waals surface area contributed by atoms with Crippen molar-refractivity contribution in [3.05, 3.63) is 77.5 Å². The predicted molar refractivity (Wildman–Crippen MR) is 84.4 cm³/mol. The van der Waals surface area contributed by atoms with Gasteiger partial charge in [-0.2, -0.15) is 0 Å². The molecular weight excluding hydrogens is 264 g/mol. The third kappa shape index (κ3) is 3.83. The van der Waals surface area contributed by atoms with E-state index in [2.05, 4.69) is 0 Å². The van der Waals surface area contributed by atoms with Crippen LogP contribution in [0.4, 0.5) is 0 Å². The van der Waals surface area contributed by atoms with Crippen LogP contribution in [0.15, 0.2) is 60.9 Å². The van der Waals surface area contributed by atoms with Gasteiger partial charge in [-0.1, -0.05) is 66.7 Å². The van der Waals surface area contributed by atoms with E-state index >= 15 is 0 Å². The molecule has 0 saturated carbocycles. The Morgan fingerprint density at radius 2 is 1.67 bits per heavy atom. The molecule has 0 saturated heterocycles. The van der Waals surface area contributed by atoms with E-state index in [0.29, 0.717) is 5.56 Å². The van der Waals surface area contributed by atoms with Gasteiger partial charge in [0.15, 0.2) is 0 Å². The molecule has 106 valence electrons. The average molecular weight is 280 g/mol. The van der Waals surface area contributed by atoms with E-state index in [1.807, 2.05) is 60.7 Å². The second-order valence-corrected chi connectivity index (χ2v) is 4.40. The Bertz CT molecular complexity index is 670. The molecule has 3 heteroatoms. The quantitative estimate of drug-likeness (QED) is 0.513. The summed E-state index contributed by atoms with van der Waals surface area (Å²) >= 11 is 0. The molecule has 0 heterocycles. The van der Waals surface area contributed by atoms with E-state index < -0.39 is 5.97 Å². The van der Waals surface area contributed by atoms with Crippen LogP contribution in [-0.4, -0.2) is 18.2 Å². The van der Waals surface area contributed by atoms with Gasteiger partial charge < -0.3 is 9.84 Å². The molecule has 0 radical (unpaired) electrons. The molecule has 0 fully saturated rings. The van der Waals surface area contributed by atoms with E-state index in [-0.39, 0.29) is 5.57 Å². The average Bonchev–Trinajstić information content (AvgIpc) is 2.52. The van der Waals surface area contributed by atoms with Crippen LogP contribution < -0.4 is 0 Å². The summed E-state index contributed by atoms with van der Waals surface area (Å²) in [6.45, 7) is 0. The number of carboxylic acid groups (broad SMARTS) is 1. The maximum absolute atomic E-state index is 11.3. The molecule has 3 nitrogen and oxygen atoms in total. The van der Waals surface area contributed by atoms with Gasteiger partial charge in [0.25, 0.3) is 0 Å². The lowest BCUT2D eigenvalue weighted by Crippen LogP contribution is -2.02. The van der Waals surface area contributed by atoms with Crippen molar-refractivity contribution in [1.82, 2.24) is 0 Å². The molecule has 0 unspecified atom stereocenters. The maximum Gasteiger partial charge on any atom is 0.339 e. The SMILES string of the molecule is CO/C=C(\C(=O)O)c1ccccc1/C=C/c1ccccc1. The molecule has 2 rings (SSSR count). The minimum atomic E-state index is -1.02. The van der Waals surface area contributed by atoms with Crippen LogP contribution >= 0.6 is 0 Å². The Balaban J connectivity index is 2.39. The monoisotopic (exact) mass is 280 g/mol. The number of carboxylic acids is 1. The fourth-order valence-electron chi connectivity index (χ4n) is 1.98. The van der Waals surface area contributed by atoms with Crippen molar-refractivity contribution in [3.8, 4) is 0 Å². The second-order valence-electron chi connectivity index (χ2n) is 4.40. The standard InChI is InChI=1S/C18H16O3/c1-21-13-17(18(19)20)16-10-6-5-9-15(16)12-11-14-7-3-2-4-8-14/h2-13H,1H3,(H,19,20)/b12-11+,17-13-. The summed E-state index contributed by atoms with van der Waals surface area (Å²) in [5, 5.41) is 9.30. The Hall–Kier alpha value is -2.81. The molecule has 1 N–H and O–H groups in total. The first kappa shape index (κ1) is 14.6. The summed E-state index contributed by atoms with van der Waals surface area (Å²) in [5.41, 5.74) is 2.64. The number of hydrogen-bond acceptors (Lipinski definition) is 2. The highest BCUT2D eigenvalue weighted by molar-refractivity contribution is 6.16. The van der Waals surface area contributed by atoms with Crippen molar-refractivity contribution in [3.63, 3.8) is 0 Å². The summed E-state index contributed by atoms with van der Waals surface area (Å²) < 4.78 is 4.87. The first-order valence-electron chi connectivity index (χ1n) is 6.51. The summed E-state index contributed by atoms with van der Waals surface area (Å²) in [7, 11) is 1.44. The zero-order valence-electron chi connectivity index (χ0n) is 11.7. The summed E-state index contributed by atoms with van der Waals surface area (Å²) in [6, 6.07) is 17.2. The number of ether oxygens (including phenoxy) is 1. The van der Waals surface area contributed by atoms with Crippen molar-refractivity contribution < 1.29 is 14.6 Å². The highest BCUT2D eigenvalue weighted by Crippen LogP contribution is 2.22. The number of methoxy groups -OCH3 is 1. The minimum absolute atomic E-state index is 0.130. The molecular formula is C18H16O3. The number of benzene rings is 2. The lowest BCUT2D eigenvalue weighted by atomic mass is 9.99. The van der Waals surface area contributed by atoms with Crippen molar-refractivity contribution in [2.75, 3.05) is 7.11 Å². The van der Waals surface area contributed by atoms with E-state index in [1.165, 1.54) is 13.4 Å². The largest absolute Gasteiger partial charge is 0.503 e. The van der Waals surface area contributed by atoms with Crippen molar-refractivity contribution in [1.29, 1.82) is 0 Å². The fraction of sp³-hybridized carbons (Fsp3) is 0.0556. The van der Waals surface area contributed by atoms with Gasteiger partial charge in [-0.15, -0.1) is 0 Å². The Labute approximate surface area is 123 Å². The molecule has 0 aromatic heterocycles. The van der Waals surface area contributed by atoms with Crippen LogP contribution in [0.5, 0.6) is 0 Å². The van der Waals surface area contributed by atoms with Crippen LogP contribution in [0.2, 0.25) is 0 Å². The van der Waals surface area contributed by atoms with Crippen LogP contribution in [0.3, 0.4) is 0 Å². The molecule has 0 amide bonds. The van der Waals surface area contributed by atoms with Crippen molar-refractivity contribution in [2.24, 2.45) is 0 Å². The van der Waals surface area contributed by atoms with Crippen molar-refractivity contribution >= 4 is 23.7 Å². The zero-order chi connectivity index (χ0) is 15.1. The normalized spacial score (nSPS) is 11.6. The number of rotatable bonds is 5. The maximum atomic E-state index is 11.3. The number of aliphatic carboxylic acids is 1. The molecule has 21 heavy (non-hydrogen) atoms. The smallest absolute Gasteiger partial charge is 0.339 e. The summed E-state index contributed by atoms with van der Waals surface area (Å²) in [6.07, 6.45) is 5.10. The summed E-state index contributed by atoms with van der Waals surface area (Å²) in [5.74, 6) is -1.02. The van der Waals surface area contributed by atoms with E-state index in [4.69, 9.17) is 4.74 Å². The molecule has 0 aliphatic rings. The van der Waals surface area contributed by atoms with Crippen LogP contribution in [-0.2, 0) is 9.53 Å². The van der Waals surface area contributed by atoms with E-state index in [0.717, 1.165) is 11.1 Å². The lowest BCUT2D eigenvalue weighted by molar-refractivity contribution is -0.130. The first-order chi connectivity index (χ1) is 10.2. The zero-order valence-corrected chi connectivity index (χ0v) is 11.7. The molecule has 2 aromatic carbocycles. The number of hydrogen-bond donors (Lipinski definition) is 1. The van der Waals surface area contributed by atoms with Gasteiger partial charge in [-0.05, 0) is 16.7 Å². The van der Waals surface area contributed by atoms with Gasteiger partial charge in [0.2, 0.25) is 0 Å². The Kier molecular flexibility index (Phi) is 4.94. The predicted octanol–water partition coefficient (Wildman–Crippen LogP) is 3.93. The highest BCUT2D eigenvalue weighted by Gasteiger charge is 2.13. The van der Waals surface area contributed by atoms with Gasteiger partial charge in [0, 0.05) is 0 Å². The molecule has 0 spiro atoms. The topological polar surface area (TPSA) is 46.5 Å². The van der Waals surface area contributed by atoms with Gasteiger partial charge >= 0.3 is 5.97 Å². The third-order valence-electron chi connectivity index (χ3n) is 2.97. The lowest BCUT2D eigenvalue weighted by Gasteiger charge is -2.06. The minimum Gasteiger partial charge on any atom is -0.503 e. The third-order valence-corrected chi connectivity index (χ3v) is 2.97. The van der Waals surface area contributed by atoms with Gasteiger partial charge in [0.05, 0.1) is 13.4 Å². The molecule has 2 aromatic rings. The van der Waals surface area contributed by atoms with E-state index in [1.54, 1.807) is 6.07 Å². The Morgan fingerprint density at radius 1 is 1.00 bits per heavy atom. The number of carbonyl (C=O) groups is 1. The summed E-state index contributed by atoms with van der Waals surface area (Å²) in [4.78, 5) is 11.3. The second kappa shape index (κ2) is 7.10.